The van der Waals surface area contributed by atoms with Crippen molar-refractivity contribution in [2.75, 3.05) is 41.2 Å². The number of hydrogen-bond acceptors (Lipinski definition) is 14. The van der Waals surface area contributed by atoms with E-state index in [-0.39, 0.29) is 60.9 Å². The number of aliphatic hydroxyl groups excluding tert-OH is 1. The Morgan fingerprint density at radius 2 is 1.57 bits per heavy atom. The fourth-order valence-electron chi connectivity index (χ4n) is 10.5. The van der Waals surface area contributed by atoms with Gasteiger partial charge in [0.05, 0.1) is 24.4 Å². The molecule has 0 aromatic carbocycles. The van der Waals surface area contributed by atoms with E-state index in [4.69, 9.17) is 28.2 Å². The van der Waals surface area contributed by atoms with Crippen molar-refractivity contribution in [2.24, 2.45) is 35.5 Å². The highest BCUT2D eigenvalue weighted by Gasteiger charge is 2.53. The summed E-state index contributed by atoms with van der Waals surface area (Å²) in [5.41, 5.74) is 1.25. The molecule has 0 aromatic heterocycles. The molecule has 1 saturated carbocycles. The molecule has 0 aromatic rings. The number of piperidine rings is 1. The van der Waals surface area contributed by atoms with E-state index in [0.717, 1.165) is 12.0 Å². The molecule has 2 bridgehead atoms. The van der Waals surface area contributed by atoms with Crippen LogP contribution >= 0.6 is 7.37 Å². The average molecular weight is 990 g/mol. The van der Waals surface area contributed by atoms with E-state index in [1.54, 1.807) is 54.4 Å². The monoisotopic (exact) mass is 990 g/mol. The van der Waals surface area contributed by atoms with Gasteiger partial charge in [-0.15, -0.1) is 0 Å². The Labute approximate surface area is 411 Å². The quantitative estimate of drug-likeness (QED) is 0.104. The molecule has 1 aliphatic carbocycles. The minimum atomic E-state index is -2.79. The maximum absolute atomic E-state index is 14.5. The maximum Gasteiger partial charge on any atom is 0.329 e. The Balaban J connectivity index is 1.70. The van der Waals surface area contributed by atoms with Gasteiger partial charge in [-0.3, -0.25) is 23.7 Å². The zero-order chi connectivity index (χ0) is 51.4. The Kier molecular flexibility index (Phi) is 22.5. The molecule has 3 unspecified atom stereocenters. The SMILES string of the molecule is CO[C@H]1C[C@@H]2CC[C@@H](C)[C@@](O)(O2)C(=O)C(=O)N2CCCC[C@H]2C(=O)OC([C@H](C)CC2CCC(OP(C)(C)=O)[C@H](OC)C2)CC(=O)[C@H](C)/C=C(\C)[C@@H](O)[C@@H](OC)C(=O)[C@H](C)C[C@H](C)/C=C/C=CC=C1C. The molecule has 15 nitrogen and oxygen atoms in total. The lowest BCUT2D eigenvalue weighted by Crippen LogP contribution is -2.61. The second-order valence-corrected chi connectivity index (χ2v) is 23.6. The Hall–Kier alpha value is -3.14. The lowest BCUT2D eigenvalue weighted by atomic mass is 9.78. The van der Waals surface area contributed by atoms with Crippen molar-refractivity contribution < 1.29 is 67.0 Å². The van der Waals surface area contributed by atoms with Gasteiger partial charge in [0.2, 0.25) is 5.79 Å². The number of esters is 1. The third-order valence-electron chi connectivity index (χ3n) is 14.8. The topological polar surface area (TPSA) is 201 Å². The highest BCUT2D eigenvalue weighted by atomic mass is 31.2. The molecular weight excluding hydrogens is 906 g/mol. The minimum absolute atomic E-state index is 0.0117. The summed E-state index contributed by atoms with van der Waals surface area (Å²) in [6, 6.07) is -1.16. The van der Waals surface area contributed by atoms with Crippen LogP contribution in [0.1, 0.15) is 126 Å². The van der Waals surface area contributed by atoms with Crippen LogP contribution in [0.15, 0.2) is 47.6 Å². The van der Waals surface area contributed by atoms with E-state index < -0.39 is 85.1 Å². The predicted molar refractivity (Wildman–Crippen MR) is 263 cm³/mol. The molecule has 15 atom stereocenters. The summed E-state index contributed by atoms with van der Waals surface area (Å²) in [4.78, 5) is 72.2. The number of hydrogen-bond donors (Lipinski definition) is 2. The largest absolute Gasteiger partial charge is 0.460 e. The first-order valence-electron chi connectivity index (χ1n) is 25.2. The van der Waals surface area contributed by atoms with E-state index in [9.17, 15) is 38.8 Å². The number of amides is 1. The summed E-state index contributed by atoms with van der Waals surface area (Å²) in [6.07, 6.45) is 11.4. The fraction of sp³-hybridized carbons (Fsp3) is 0.755. The Bertz CT molecular complexity index is 1940. The van der Waals surface area contributed by atoms with Gasteiger partial charge in [-0.2, -0.15) is 0 Å². The maximum atomic E-state index is 14.5. The van der Waals surface area contributed by atoms with Gasteiger partial charge in [0, 0.05) is 71.8 Å². The number of allylic oxidation sites excluding steroid dienone is 6. The number of fused-ring (bicyclic) bond motifs is 3. The molecule has 3 fully saturated rings. The van der Waals surface area contributed by atoms with Crippen molar-refractivity contribution in [2.45, 2.75) is 180 Å². The number of aliphatic hydroxyl groups is 2. The molecule has 4 rings (SSSR count). The predicted octanol–water partition coefficient (Wildman–Crippen LogP) is 7.74. The molecule has 3 aliphatic heterocycles. The van der Waals surface area contributed by atoms with Crippen molar-refractivity contribution in [1.82, 2.24) is 4.90 Å². The molecule has 1 amide bonds. The molecular formula is C53H84NO14P. The van der Waals surface area contributed by atoms with Crippen molar-refractivity contribution in [3.05, 3.63) is 47.6 Å². The number of ketones is 3. The van der Waals surface area contributed by atoms with Crippen LogP contribution in [0.3, 0.4) is 0 Å². The summed E-state index contributed by atoms with van der Waals surface area (Å²) in [6.45, 7) is 15.9. The molecule has 0 spiro atoms. The van der Waals surface area contributed by atoms with Crippen molar-refractivity contribution in [3.63, 3.8) is 0 Å². The lowest BCUT2D eigenvalue weighted by Gasteiger charge is -2.42. The van der Waals surface area contributed by atoms with E-state index >= 15 is 0 Å². The van der Waals surface area contributed by atoms with Crippen molar-refractivity contribution in [3.8, 4) is 0 Å². The lowest BCUT2D eigenvalue weighted by molar-refractivity contribution is -0.265. The third-order valence-corrected chi connectivity index (χ3v) is 15.6. The number of ether oxygens (including phenoxy) is 5. The highest BCUT2D eigenvalue weighted by molar-refractivity contribution is 7.57. The van der Waals surface area contributed by atoms with E-state index in [1.165, 1.54) is 12.0 Å². The smallest absolute Gasteiger partial charge is 0.329 e. The Morgan fingerprint density at radius 3 is 2.22 bits per heavy atom. The molecule has 3 heterocycles. The van der Waals surface area contributed by atoms with E-state index in [0.29, 0.717) is 63.4 Å². The molecule has 2 N–H and O–H groups in total. The van der Waals surface area contributed by atoms with Gasteiger partial charge in [-0.05, 0) is 107 Å². The summed E-state index contributed by atoms with van der Waals surface area (Å²) >= 11 is 0. The summed E-state index contributed by atoms with van der Waals surface area (Å²) in [5.74, 6) is -8.11. The second-order valence-electron chi connectivity index (χ2n) is 20.9. The van der Waals surface area contributed by atoms with Gasteiger partial charge in [-0.1, -0.05) is 71.1 Å². The summed E-state index contributed by atoms with van der Waals surface area (Å²) < 4.78 is 48.2. The van der Waals surface area contributed by atoms with E-state index in [1.807, 2.05) is 58.1 Å². The summed E-state index contributed by atoms with van der Waals surface area (Å²) in [7, 11) is 1.76. The van der Waals surface area contributed by atoms with Crippen LogP contribution in [-0.4, -0.2) is 140 Å². The summed E-state index contributed by atoms with van der Waals surface area (Å²) in [5, 5.41) is 23.5. The second kappa shape index (κ2) is 26.5. The first kappa shape index (κ1) is 58.4. The van der Waals surface area contributed by atoms with Crippen LogP contribution in [-0.2, 0) is 56.7 Å². The van der Waals surface area contributed by atoms with Crippen LogP contribution in [0.2, 0.25) is 0 Å². The van der Waals surface area contributed by atoms with Crippen LogP contribution in [0.25, 0.3) is 0 Å². The third kappa shape index (κ3) is 16.2. The van der Waals surface area contributed by atoms with Crippen molar-refractivity contribution >= 4 is 36.6 Å². The standard InChI is InChI=1S/C53H84NO14P/c1-32-18-14-13-15-19-33(2)44(63-8)30-40-23-21-38(7)53(61,67-40)50(58)51(59)54-25-17-16-20-41(54)52(60)66-45(35(4)28-39-22-24-43(46(29-39)64-9)68-69(11,12)62)31-42(55)34(3)27-37(6)48(57)49(65-10)47(56)36(5)26-32/h13-15,18-19,27,32,34-36,38-41,43-46,48-49,57,61H,16-17,20-26,28-31H2,1-12H3/b15-13?,18-14+,33-19?,37-27+/t32-,34-,35-,36-,38-,39?,40+,41+,43?,44+,45?,46-,48-,49+,53-/m1/s1. The number of carbonyl (C=O) groups is 5. The van der Waals surface area contributed by atoms with Gasteiger partial charge < -0.3 is 43.3 Å². The van der Waals surface area contributed by atoms with Gasteiger partial charge in [-0.25, -0.2) is 4.79 Å². The molecule has 390 valence electrons. The fourth-order valence-corrected chi connectivity index (χ4v) is 11.4. The van der Waals surface area contributed by atoms with Crippen LogP contribution < -0.4 is 0 Å². The molecule has 2 saturated heterocycles. The van der Waals surface area contributed by atoms with Crippen molar-refractivity contribution in [1.29, 1.82) is 0 Å². The van der Waals surface area contributed by atoms with Crippen LogP contribution in [0.5, 0.6) is 0 Å². The Morgan fingerprint density at radius 1 is 0.855 bits per heavy atom. The highest BCUT2D eigenvalue weighted by Crippen LogP contribution is 2.45. The molecule has 69 heavy (non-hydrogen) atoms. The van der Waals surface area contributed by atoms with Crippen LogP contribution in [0.4, 0.5) is 0 Å². The van der Waals surface area contributed by atoms with Gasteiger partial charge in [0.15, 0.2) is 13.2 Å². The molecule has 16 heteroatoms. The number of rotatable bonds is 8. The van der Waals surface area contributed by atoms with Crippen LogP contribution in [0, 0.1) is 35.5 Å². The zero-order valence-electron chi connectivity index (χ0n) is 43.4. The number of cyclic esters (lactones) is 1. The van der Waals surface area contributed by atoms with Gasteiger partial charge in [0.25, 0.3) is 11.7 Å². The number of carbonyl (C=O) groups excluding carboxylic acids is 5. The number of methoxy groups -OCH3 is 3. The molecule has 0 radical (unpaired) electrons. The number of nitrogens with zero attached hydrogens (tertiary/aromatic N) is 1. The minimum Gasteiger partial charge on any atom is -0.460 e. The zero-order valence-corrected chi connectivity index (χ0v) is 44.3. The average Bonchev–Trinajstić information content (AvgIpc) is 3.30. The number of Topliss-reactive ketones (excluding diaryl/α,β-unsaturated/α-hetero) is 3. The van der Waals surface area contributed by atoms with Gasteiger partial charge >= 0.3 is 5.97 Å². The first-order chi connectivity index (χ1) is 32.4. The van der Waals surface area contributed by atoms with E-state index in [2.05, 4.69) is 0 Å². The molecule has 4 aliphatic rings. The van der Waals surface area contributed by atoms with Gasteiger partial charge in [0.1, 0.15) is 30.1 Å². The first-order valence-corrected chi connectivity index (χ1v) is 27.7. The normalized spacial score (nSPS) is 37.8.